The van der Waals surface area contributed by atoms with E-state index in [-0.39, 0.29) is 0 Å². The van der Waals surface area contributed by atoms with Gasteiger partial charge in [-0.1, -0.05) is 24.3 Å². The van der Waals surface area contributed by atoms with E-state index in [0.29, 0.717) is 0 Å². The normalized spacial score (nSPS) is 11.5. The highest BCUT2D eigenvalue weighted by Gasteiger charge is 1.92. The van der Waals surface area contributed by atoms with E-state index in [1.54, 1.807) is 0 Å². The van der Waals surface area contributed by atoms with E-state index in [9.17, 15) is 0 Å². The molecule has 0 unspecified atom stereocenters. The van der Waals surface area contributed by atoms with Gasteiger partial charge in [0, 0.05) is 12.4 Å². The molecule has 12 heavy (non-hydrogen) atoms. The zero-order valence-corrected chi connectivity index (χ0v) is 7.49. The zero-order valence-electron chi connectivity index (χ0n) is 7.49. The Morgan fingerprint density at radius 1 is 1.08 bits per heavy atom. The first kappa shape index (κ1) is 8.72. The second kappa shape index (κ2) is 4.50. The number of rotatable bonds is 2. The van der Waals surface area contributed by atoms with Crippen LogP contribution < -0.4 is 0 Å². The van der Waals surface area contributed by atoms with Crippen LogP contribution in [0.4, 0.5) is 0 Å². The summed E-state index contributed by atoms with van der Waals surface area (Å²) in [5, 5.41) is 0. The van der Waals surface area contributed by atoms with Gasteiger partial charge in [-0.25, -0.2) is 0 Å². The van der Waals surface area contributed by atoms with Crippen LogP contribution in [-0.2, 0) is 0 Å². The second-order valence-electron chi connectivity index (χ2n) is 2.50. The molecule has 0 saturated heterocycles. The average molecular weight is 159 g/mol. The minimum Gasteiger partial charge on any atom is -0.264 e. The molecule has 1 heteroatoms. The second-order valence-corrected chi connectivity index (χ2v) is 2.50. The van der Waals surface area contributed by atoms with Crippen LogP contribution in [0, 0.1) is 0 Å². The minimum absolute atomic E-state index is 1.16. The Kier molecular flexibility index (Phi) is 3.27. The van der Waals surface area contributed by atoms with Gasteiger partial charge in [-0.05, 0) is 31.0 Å². The van der Waals surface area contributed by atoms with E-state index in [0.717, 1.165) is 5.56 Å². The molecule has 0 aliphatic rings. The number of hydrogen-bond donors (Lipinski definition) is 0. The Labute approximate surface area is 73.5 Å². The summed E-state index contributed by atoms with van der Waals surface area (Å²) in [5.74, 6) is 0. The Morgan fingerprint density at radius 2 is 1.75 bits per heavy atom. The summed E-state index contributed by atoms with van der Waals surface area (Å²) in [6, 6.07) is 2.01. The van der Waals surface area contributed by atoms with Gasteiger partial charge in [0.1, 0.15) is 0 Å². The van der Waals surface area contributed by atoms with Gasteiger partial charge in [0.15, 0.2) is 0 Å². The fourth-order valence-corrected chi connectivity index (χ4v) is 1.07. The Hall–Kier alpha value is -1.37. The van der Waals surface area contributed by atoms with Crippen molar-refractivity contribution >= 4 is 12.2 Å². The molecule has 1 heterocycles. The van der Waals surface area contributed by atoms with Crippen LogP contribution in [0.1, 0.15) is 25.0 Å². The standard InChI is InChI=1S/C11H13N/c1-3-5-10-7-8-12-9-11(10)6-4-2/h3-9H,1-2H3/b5-3-,6-4+. The highest BCUT2D eigenvalue weighted by Crippen LogP contribution is 2.10. The summed E-state index contributed by atoms with van der Waals surface area (Å²) in [6.07, 6.45) is 11.9. The van der Waals surface area contributed by atoms with Crippen molar-refractivity contribution in [1.82, 2.24) is 4.98 Å². The molecule has 0 atom stereocenters. The number of allylic oxidation sites excluding steroid dienone is 2. The van der Waals surface area contributed by atoms with E-state index in [1.807, 2.05) is 44.5 Å². The molecule has 1 aromatic rings. The van der Waals surface area contributed by atoms with E-state index in [4.69, 9.17) is 0 Å². The Bertz CT molecular complexity index is 267. The fourth-order valence-electron chi connectivity index (χ4n) is 1.07. The smallest absolute Gasteiger partial charge is 0.0346 e. The molecule has 1 rings (SSSR count). The van der Waals surface area contributed by atoms with Crippen LogP contribution in [-0.4, -0.2) is 4.98 Å². The fraction of sp³-hybridized carbons (Fsp3) is 0.182. The molecular weight excluding hydrogens is 146 g/mol. The first-order valence-corrected chi connectivity index (χ1v) is 4.08. The van der Waals surface area contributed by atoms with Crippen molar-refractivity contribution in [3.8, 4) is 0 Å². The van der Waals surface area contributed by atoms with Gasteiger partial charge in [-0.15, -0.1) is 0 Å². The van der Waals surface area contributed by atoms with Gasteiger partial charge in [-0.2, -0.15) is 0 Å². The van der Waals surface area contributed by atoms with Crippen molar-refractivity contribution in [2.45, 2.75) is 13.8 Å². The maximum absolute atomic E-state index is 4.06. The lowest BCUT2D eigenvalue weighted by Gasteiger charge is -1.97. The molecule has 0 saturated carbocycles. The maximum atomic E-state index is 4.06. The van der Waals surface area contributed by atoms with Crippen LogP contribution in [0.3, 0.4) is 0 Å². The summed E-state index contributed by atoms with van der Waals surface area (Å²) < 4.78 is 0. The topological polar surface area (TPSA) is 12.9 Å². The summed E-state index contributed by atoms with van der Waals surface area (Å²) in [7, 11) is 0. The van der Waals surface area contributed by atoms with Crippen LogP contribution in [0.5, 0.6) is 0 Å². The van der Waals surface area contributed by atoms with Crippen molar-refractivity contribution in [3.05, 3.63) is 41.7 Å². The summed E-state index contributed by atoms with van der Waals surface area (Å²) >= 11 is 0. The number of hydrogen-bond acceptors (Lipinski definition) is 1. The molecule has 0 radical (unpaired) electrons. The number of pyridine rings is 1. The molecule has 0 amide bonds. The van der Waals surface area contributed by atoms with Crippen molar-refractivity contribution in [2.75, 3.05) is 0 Å². The van der Waals surface area contributed by atoms with Crippen molar-refractivity contribution < 1.29 is 0 Å². The van der Waals surface area contributed by atoms with Gasteiger partial charge >= 0.3 is 0 Å². The van der Waals surface area contributed by atoms with Gasteiger partial charge in [0.2, 0.25) is 0 Å². The molecule has 0 spiro atoms. The van der Waals surface area contributed by atoms with E-state index < -0.39 is 0 Å². The predicted octanol–water partition coefficient (Wildman–Crippen LogP) is 3.15. The molecule has 0 aliphatic carbocycles. The molecular formula is C11H13N. The van der Waals surface area contributed by atoms with Gasteiger partial charge < -0.3 is 0 Å². The Morgan fingerprint density at radius 3 is 2.42 bits per heavy atom. The third-order valence-electron chi connectivity index (χ3n) is 1.58. The number of aromatic nitrogens is 1. The molecule has 0 fully saturated rings. The summed E-state index contributed by atoms with van der Waals surface area (Å²) in [5.41, 5.74) is 2.38. The van der Waals surface area contributed by atoms with Crippen LogP contribution in [0.2, 0.25) is 0 Å². The van der Waals surface area contributed by atoms with Gasteiger partial charge in [0.25, 0.3) is 0 Å². The molecule has 0 aromatic carbocycles. The molecule has 1 aromatic heterocycles. The lowest BCUT2D eigenvalue weighted by molar-refractivity contribution is 1.31. The predicted molar refractivity (Wildman–Crippen MR) is 53.7 cm³/mol. The highest BCUT2D eigenvalue weighted by molar-refractivity contribution is 5.63. The molecule has 0 aliphatic heterocycles. The monoisotopic (exact) mass is 159 g/mol. The van der Waals surface area contributed by atoms with Gasteiger partial charge in [-0.3, -0.25) is 4.98 Å². The quantitative estimate of drug-likeness (QED) is 0.646. The largest absolute Gasteiger partial charge is 0.264 e. The van der Waals surface area contributed by atoms with Crippen LogP contribution in [0.15, 0.2) is 30.6 Å². The van der Waals surface area contributed by atoms with Gasteiger partial charge in [0.05, 0.1) is 0 Å². The van der Waals surface area contributed by atoms with Crippen molar-refractivity contribution in [3.63, 3.8) is 0 Å². The number of nitrogens with zero attached hydrogens (tertiary/aromatic N) is 1. The van der Waals surface area contributed by atoms with E-state index in [2.05, 4.69) is 17.1 Å². The van der Waals surface area contributed by atoms with Crippen molar-refractivity contribution in [2.24, 2.45) is 0 Å². The summed E-state index contributed by atoms with van der Waals surface area (Å²) in [6.45, 7) is 4.02. The van der Waals surface area contributed by atoms with E-state index >= 15 is 0 Å². The summed E-state index contributed by atoms with van der Waals surface area (Å²) in [4.78, 5) is 4.06. The third kappa shape index (κ3) is 2.06. The SMILES string of the molecule is C/C=C\c1ccncc1/C=C/C. The molecule has 0 bridgehead atoms. The first-order valence-electron chi connectivity index (χ1n) is 4.08. The van der Waals surface area contributed by atoms with E-state index in [1.165, 1.54) is 5.56 Å². The highest BCUT2D eigenvalue weighted by atomic mass is 14.6. The average Bonchev–Trinajstić information content (AvgIpc) is 2.09. The van der Waals surface area contributed by atoms with Crippen molar-refractivity contribution in [1.29, 1.82) is 0 Å². The Balaban J connectivity index is 3.08. The molecule has 1 nitrogen and oxygen atoms in total. The maximum Gasteiger partial charge on any atom is 0.0346 e. The van der Waals surface area contributed by atoms with Crippen LogP contribution >= 0.6 is 0 Å². The lowest BCUT2D eigenvalue weighted by Crippen LogP contribution is -1.81. The van der Waals surface area contributed by atoms with Crippen LogP contribution in [0.25, 0.3) is 12.2 Å². The molecule has 0 N–H and O–H groups in total. The first-order chi connectivity index (χ1) is 5.88. The third-order valence-corrected chi connectivity index (χ3v) is 1.58. The molecule has 62 valence electrons. The zero-order chi connectivity index (χ0) is 8.81. The minimum atomic E-state index is 1.16. The lowest BCUT2D eigenvalue weighted by atomic mass is 10.1.